The van der Waals surface area contributed by atoms with Crippen molar-refractivity contribution in [1.82, 2.24) is 19.9 Å². The van der Waals surface area contributed by atoms with Crippen LogP contribution in [0.4, 0.5) is 0 Å². The van der Waals surface area contributed by atoms with E-state index in [1.807, 2.05) is 24.3 Å². The predicted octanol–water partition coefficient (Wildman–Crippen LogP) is 1.27. The van der Waals surface area contributed by atoms with Crippen molar-refractivity contribution in [3.63, 3.8) is 0 Å². The number of imidazole rings is 1. The second-order valence-electron chi connectivity index (χ2n) is 8.11. The van der Waals surface area contributed by atoms with Crippen LogP contribution in [0, 0.1) is 12.8 Å². The van der Waals surface area contributed by atoms with Gasteiger partial charge in [0.25, 0.3) is 5.56 Å². The number of carboxylic acids is 1. The van der Waals surface area contributed by atoms with E-state index in [4.69, 9.17) is 9.72 Å². The van der Waals surface area contributed by atoms with E-state index in [0.29, 0.717) is 24.7 Å². The molecule has 2 aromatic heterocycles. The first kappa shape index (κ1) is 21.2. The number of aliphatic hydroxyl groups excluding tert-OH is 1. The fraction of sp³-hybridized carbons (Fsp3) is 0.409. The van der Waals surface area contributed by atoms with Crippen LogP contribution >= 0.6 is 0 Å². The number of aryl methyl sites for hydroxylation is 1. The van der Waals surface area contributed by atoms with Gasteiger partial charge in [-0.3, -0.25) is 14.9 Å². The molecule has 3 aromatic rings. The van der Waals surface area contributed by atoms with Gasteiger partial charge in [0.05, 0.1) is 30.4 Å². The molecule has 0 bridgehead atoms. The summed E-state index contributed by atoms with van der Waals surface area (Å²) >= 11 is 0. The summed E-state index contributed by atoms with van der Waals surface area (Å²) in [4.78, 5) is 30.7. The predicted molar refractivity (Wildman–Crippen MR) is 115 cm³/mol. The minimum absolute atomic E-state index is 0.127. The van der Waals surface area contributed by atoms with Gasteiger partial charge in [-0.15, -0.1) is 0 Å². The number of hydrogen-bond acceptors (Lipinski definition) is 6. The highest BCUT2D eigenvalue weighted by Crippen LogP contribution is 2.28. The Morgan fingerprint density at radius 3 is 2.77 bits per heavy atom. The monoisotopic (exact) mass is 426 g/mol. The summed E-state index contributed by atoms with van der Waals surface area (Å²) in [6.07, 6.45) is 0.660. The lowest BCUT2D eigenvalue weighted by Gasteiger charge is -2.27. The molecule has 0 aliphatic carbocycles. The maximum Gasteiger partial charge on any atom is 0.323 e. The molecule has 9 heteroatoms. The summed E-state index contributed by atoms with van der Waals surface area (Å²) in [6.45, 7) is 5.67. The maximum atomic E-state index is 11.8. The van der Waals surface area contributed by atoms with Crippen molar-refractivity contribution in [2.45, 2.75) is 39.1 Å². The number of H-pyrrole nitrogens is 1. The van der Waals surface area contributed by atoms with Gasteiger partial charge in [0.15, 0.2) is 0 Å². The van der Waals surface area contributed by atoms with E-state index >= 15 is 0 Å². The van der Waals surface area contributed by atoms with Gasteiger partial charge >= 0.3 is 5.97 Å². The number of pyridine rings is 1. The molecule has 1 saturated heterocycles. The Morgan fingerprint density at radius 1 is 1.39 bits per heavy atom. The van der Waals surface area contributed by atoms with Gasteiger partial charge in [0, 0.05) is 36.3 Å². The average molecular weight is 426 g/mol. The van der Waals surface area contributed by atoms with E-state index in [0.717, 1.165) is 34.5 Å². The Hall–Kier alpha value is -3.01. The van der Waals surface area contributed by atoms with Crippen LogP contribution in [0.3, 0.4) is 0 Å². The molecule has 4 rings (SSSR count). The Kier molecular flexibility index (Phi) is 5.90. The standard InChI is InChI=1S/C22H26N4O5/c1-12-5-16(8-24-21(12)28)20-25-17-6-14(7-23-19(13(2)27)22(29)30)3-4-18(17)26(20)9-15-10-31-11-15/h3-6,8,13,15,19,23,27H,7,9-11H2,1-2H3,(H,24,28)(H,29,30)/t13-,19+/m1/s1. The summed E-state index contributed by atoms with van der Waals surface area (Å²) in [5, 5.41) is 21.8. The van der Waals surface area contributed by atoms with Crippen LogP contribution in [0.1, 0.15) is 18.1 Å². The Labute approximate surface area is 178 Å². The van der Waals surface area contributed by atoms with Gasteiger partial charge in [0.2, 0.25) is 0 Å². The molecule has 0 spiro atoms. The van der Waals surface area contributed by atoms with Crippen LogP contribution < -0.4 is 10.9 Å². The van der Waals surface area contributed by atoms with Gasteiger partial charge in [-0.1, -0.05) is 6.07 Å². The lowest BCUT2D eigenvalue weighted by Crippen LogP contribution is -2.44. The molecule has 1 aliphatic heterocycles. The fourth-order valence-corrected chi connectivity index (χ4v) is 3.76. The molecular weight excluding hydrogens is 400 g/mol. The van der Waals surface area contributed by atoms with Crippen molar-refractivity contribution >= 4 is 17.0 Å². The van der Waals surface area contributed by atoms with Crippen LogP contribution in [-0.4, -0.2) is 56.1 Å². The molecule has 0 amide bonds. The molecule has 164 valence electrons. The van der Waals surface area contributed by atoms with Gasteiger partial charge in [-0.2, -0.15) is 0 Å². The molecule has 1 aromatic carbocycles. The van der Waals surface area contributed by atoms with E-state index in [9.17, 15) is 19.8 Å². The van der Waals surface area contributed by atoms with Crippen LogP contribution in [0.5, 0.6) is 0 Å². The quantitative estimate of drug-likeness (QED) is 0.427. The zero-order chi connectivity index (χ0) is 22.1. The average Bonchev–Trinajstić information content (AvgIpc) is 3.04. The molecule has 0 saturated carbocycles. The summed E-state index contributed by atoms with van der Waals surface area (Å²) in [5.41, 5.74) is 3.92. The fourth-order valence-electron chi connectivity index (χ4n) is 3.76. The van der Waals surface area contributed by atoms with Crippen molar-refractivity contribution in [3.05, 3.63) is 51.9 Å². The number of aliphatic carboxylic acids is 1. The van der Waals surface area contributed by atoms with E-state index < -0.39 is 18.1 Å². The zero-order valence-corrected chi connectivity index (χ0v) is 17.5. The molecule has 3 heterocycles. The van der Waals surface area contributed by atoms with Crippen molar-refractivity contribution in [2.75, 3.05) is 13.2 Å². The van der Waals surface area contributed by atoms with Gasteiger partial charge < -0.3 is 24.5 Å². The molecule has 2 atom stereocenters. The molecule has 1 fully saturated rings. The molecule has 31 heavy (non-hydrogen) atoms. The highest BCUT2D eigenvalue weighted by Gasteiger charge is 2.24. The van der Waals surface area contributed by atoms with Crippen molar-refractivity contribution in [3.8, 4) is 11.4 Å². The van der Waals surface area contributed by atoms with Crippen LogP contribution in [0.15, 0.2) is 35.3 Å². The number of benzene rings is 1. The number of ether oxygens (including phenoxy) is 1. The number of aliphatic hydroxyl groups is 1. The number of rotatable bonds is 8. The zero-order valence-electron chi connectivity index (χ0n) is 17.5. The van der Waals surface area contributed by atoms with Crippen molar-refractivity contribution in [2.24, 2.45) is 5.92 Å². The highest BCUT2D eigenvalue weighted by molar-refractivity contribution is 5.81. The third-order valence-corrected chi connectivity index (χ3v) is 5.58. The van der Waals surface area contributed by atoms with E-state index in [2.05, 4.69) is 14.9 Å². The highest BCUT2D eigenvalue weighted by atomic mass is 16.5. The largest absolute Gasteiger partial charge is 0.480 e. The van der Waals surface area contributed by atoms with E-state index in [-0.39, 0.29) is 12.1 Å². The molecule has 0 radical (unpaired) electrons. The second-order valence-corrected chi connectivity index (χ2v) is 8.11. The molecule has 4 N–H and O–H groups in total. The van der Waals surface area contributed by atoms with Crippen LogP contribution in [0.25, 0.3) is 22.4 Å². The first-order chi connectivity index (χ1) is 14.8. The smallest absolute Gasteiger partial charge is 0.323 e. The minimum atomic E-state index is -1.10. The number of fused-ring (bicyclic) bond motifs is 1. The molecule has 0 unspecified atom stereocenters. The van der Waals surface area contributed by atoms with Gasteiger partial charge in [-0.05, 0) is 37.6 Å². The maximum absolute atomic E-state index is 11.8. The summed E-state index contributed by atoms with van der Waals surface area (Å²) in [6, 6.07) is 6.59. The number of aromatic amines is 1. The lowest BCUT2D eigenvalue weighted by molar-refractivity contribution is -0.142. The Morgan fingerprint density at radius 2 is 2.16 bits per heavy atom. The first-order valence-corrected chi connectivity index (χ1v) is 10.2. The number of carboxylic acid groups (broad SMARTS) is 1. The second kappa shape index (κ2) is 8.62. The SMILES string of the molecule is Cc1cc(-c2nc3cc(CN[C@H](C(=O)O)[C@@H](C)O)ccc3n2CC2COC2)c[nH]c1=O. The number of carbonyl (C=O) groups is 1. The minimum Gasteiger partial charge on any atom is -0.480 e. The first-order valence-electron chi connectivity index (χ1n) is 10.2. The topological polar surface area (TPSA) is 129 Å². The van der Waals surface area contributed by atoms with E-state index in [1.165, 1.54) is 6.92 Å². The van der Waals surface area contributed by atoms with Crippen molar-refractivity contribution < 1.29 is 19.7 Å². The molecule has 1 aliphatic rings. The third-order valence-electron chi connectivity index (χ3n) is 5.58. The Bertz CT molecular complexity index is 1160. The third kappa shape index (κ3) is 4.39. The normalized spacial score (nSPS) is 16.2. The molecular formula is C22H26N4O5. The van der Waals surface area contributed by atoms with Crippen LogP contribution in [0.2, 0.25) is 0 Å². The number of aromatic nitrogens is 3. The molecule has 9 nitrogen and oxygen atoms in total. The number of nitrogens with zero attached hydrogens (tertiary/aromatic N) is 2. The summed E-state index contributed by atoms with van der Waals surface area (Å²) in [5.74, 6) is 0.0706. The van der Waals surface area contributed by atoms with Gasteiger partial charge in [0.1, 0.15) is 11.9 Å². The number of hydrogen-bond donors (Lipinski definition) is 4. The van der Waals surface area contributed by atoms with E-state index in [1.54, 1.807) is 13.1 Å². The Balaban J connectivity index is 1.69. The number of nitrogens with one attached hydrogen (secondary N) is 2. The summed E-state index contributed by atoms with van der Waals surface area (Å²) in [7, 11) is 0. The van der Waals surface area contributed by atoms with Gasteiger partial charge in [-0.25, -0.2) is 4.98 Å². The summed E-state index contributed by atoms with van der Waals surface area (Å²) < 4.78 is 7.47. The van der Waals surface area contributed by atoms with Crippen LogP contribution in [-0.2, 0) is 22.6 Å². The van der Waals surface area contributed by atoms with Crippen molar-refractivity contribution in [1.29, 1.82) is 0 Å². The lowest BCUT2D eigenvalue weighted by atomic mass is 10.1.